The Morgan fingerprint density at radius 1 is 0.903 bits per heavy atom. The number of amides is 2. The van der Waals surface area contributed by atoms with Crippen molar-refractivity contribution in [3.05, 3.63) is 58.6 Å². The Balaban J connectivity index is 1.90. The van der Waals surface area contributed by atoms with Crippen LogP contribution >= 0.6 is 0 Å². The number of nitro groups is 1. The second-order valence-electron chi connectivity index (χ2n) is 6.13. The molecule has 31 heavy (non-hydrogen) atoms. The lowest BCUT2D eigenvalue weighted by Crippen LogP contribution is -2.28. The molecular formula is C17H18N4O8S2. The zero-order chi connectivity index (χ0) is 23.2. The van der Waals surface area contributed by atoms with Crippen molar-refractivity contribution in [1.82, 2.24) is 9.44 Å². The van der Waals surface area contributed by atoms with Gasteiger partial charge in [-0.2, -0.15) is 0 Å². The molecule has 0 aliphatic heterocycles. The number of anilines is 1. The van der Waals surface area contributed by atoms with Crippen molar-refractivity contribution < 1.29 is 31.3 Å². The summed E-state index contributed by atoms with van der Waals surface area (Å²) >= 11 is 0. The second kappa shape index (κ2) is 9.63. The molecule has 14 heteroatoms. The molecule has 2 amide bonds. The number of nitrogens with zero attached hydrogens (tertiary/aromatic N) is 1. The number of nitro benzene ring substituents is 1. The minimum absolute atomic E-state index is 0.170. The van der Waals surface area contributed by atoms with Crippen LogP contribution in [0.2, 0.25) is 0 Å². The van der Waals surface area contributed by atoms with Crippen LogP contribution in [-0.4, -0.2) is 40.1 Å². The zero-order valence-corrected chi connectivity index (χ0v) is 17.7. The van der Waals surface area contributed by atoms with Gasteiger partial charge in [-0.15, -0.1) is 0 Å². The van der Waals surface area contributed by atoms with E-state index in [4.69, 9.17) is 0 Å². The average Bonchev–Trinajstić information content (AvgIpc) is 2.67. The molecule has 0 heterocycles. The minimum atomic E-state index is -4.00. The lowest BCUT2D eigenvalue weighted by molar-refractivity contribution is -0.384. The maximum absolute atomic E-state index is 12.2. The van der Waals surface area contributed by atoms with E-state index in [0.29, 0.717) is 0 Å². The number of nitrogens with one attached hydrogen (secondary N) is 3. The molecule has 2 rings (SSSR count). The van der Waals surface area contributed by atoms with Crippen molar-refractivity contribution in [3.8, 4) is 0 Å². The van der Waals surface area contributed by atoms with Crippen LogP contribution in [0.25, 0.3) is 0 Å². The summed E-state index contributed by atoms with van der Waals surface area (Å²) in [6, 6.07) is 9.28. The van der Waals surface area contributed by atoms with Crippen molar-refractivity contribution >= 4 is 43.2 Å². The molecule has 12 nitrogen and oxygen atoms in total. The molecule has 0 fully saturated rings. The highest BCUT2D eigenvalue weighted by Crippen LogP contribution is 2.16. The van der Waals surface area contributed by atoms with Gasteiger partial charge in [0.05, 0.1) is 14.7 Å². The standard InChI is InChI=1S/C17H18N4O8S2/c1-12(22)20-31(28,29)16-6-2-13(3-7-16)19-17(23)10-11-18-30(26,27)15-8-4-14(5-9-15)21(24)25/h2-9,18H,10-11H2,1H3,(H,19,23)(H,20,22). The number of benzene rings is 2. The summed E-state index contributed by atoms with van der Waals surface area (Å²) in [5.41, 5.74) is 0.0132. The highest BCUT2D eigenvalue weighted by atomic mass is 32.2. The smallest absolute Gasteiger partial charge is 0.269 e. The van der Waals surface area contributed by atoms with Gasteiger partial charge < -0.3 is 5.32 Å². The van der Waals surface area contributed by atoms with E-state index in [1.807, 2.05) is 4.72 Å². The monoisotopic (exact) mass is 470 g/mol. The van der Waals surface area contributed by atoms with Gasteiger partial charge >= 0.3 is 0 Å². The molecule has 166 valence electrons. The summed E-state index contributed by atoms with van der Waals surface area (Å²) in [6.45, 7) is 0.822. The van der Waals surface area contributed by atoms with E-state index in [9.17, 15) is 36.5 Å². The maximum Gasteiger partial charge on any atom is 0.269 e. The van der Waals surface area contributed by atoms with E-state index >= 15 is 0 Å². The molecule has 0 bridgehead atoms. The molecule has 0 saturated heterocycles. The first-order valence-corrected chi connectivity index (χ1v) is 11.5. The third-order valence-corrected chi connectivity index (χ3v) is 6.65. The fourth-order valence-electron chi connectivity index (χ4n) is 2.32. The normalized spacial score (nSPS) is 11.5. The first-order chi connectivity index (χ1) is 14.4. The second-order valence-corrected chi connectivity index (χ2v) is 9.58. The Kier molecular flexibility index (Phi) is 7.43. The Bertz CT molecular complexity index is 1190. The van der Waals surface area contributed by atoms with Gasteiger partial charge in [0.15, 0.2) is 0 Å². The number of carbonyl (C=O) groups excluding carboxylic acids is 2. The van der Waals surface area contributed by atoms with Gasteiger partial charge in [0, 0.05) is 37.7 Å². The van der Waals surface area contributed by atoms with Crippen molar-refractivity contribution in [3.63, 3.8) is 0 Å². The highest BCUT2D eigenvalue weighted by molar-refractivity contribution is 7.90. The van der Waals surface area contributed by atoms with E-state index in [-0.39, 0.29) is 34.1 Å². The Labute approximate surface area is 177 Å². The molecule has 0 atom stereocenters. The summed E-state index contributed by atoms with van der Waals surface area (Å²) in [7, 11) is -7.95. The van der Waals surface area contributed by atoms with Crippen LogP contribution in [0.1, 0.15) is 13.3 Å². The molecule has 0 radical (unpaired) electrons. The van der Waals surface area contributed by atoms with Crippen LogP contribution in [0.3, 0.4) is 0 Å². The molecule has 0 aliphatic carbocycles. The van der Waals surface area contributed by atoms with Crippen molar-refractivity contribution in [1.29, 1.82) is 0 Å². The zero-order valence-electron chi connectivity index (χ0n) is 16.1. The summed E-state index contributed by atoms with van der Waals surface area (Å²) in [5.74, 6) is -1.28. The number of hydrogen-bond donors (Lipinski definition) is 3. The summed E-state index contributed by atoms with van der Waals surface area (Å²) < 4.78 is 52.1. The first-order valence-electron chi connectivity index (χ1n) is 8.58. The largest absolute Gasteiger partial charge is 0.326 e. The molecule has 3 N–H and O–H groups in total. The Morgan fingerprint density at radius 3 is 1.94 bits per heavy atom. The summed E-state index contributed by atoms with van der Waals surface area (Å²) in [4.78, 5) is 32.5. The van der Waals surface area contributed by atoms with Crippen molar-refractivity contribution in [2.45, 2.75) is 23.1 Å². The number of sulfonamides is 2. The van der Waals surface area contributed by atoms with E-state index in [1.165, 1.54) is 24.3 Å². The van der Waals surface area contributed by atoms with Crippen LogP contribution in [0, 0.1) is 10.1 Å². The van der Waals surface area contributed by atoms with Crippen LogP contribution in [-0.2, 0) is 29.6 Å². The molecule has 2 aromatic rings. The lowest BCUT2D eigenvalue weighted by atomic mass is 10.3. The number of hydrogen-bond acceptors (Lipinski definition) is 8. The molecule has 0 spiro atoms. The number of rotatable bonds is 9. The lowest BCUT2D eigenvalue weighted by Gasteiger charge is -2.09. The topological polar surface area (TPSA) is 182 Å². The Hall–Kier alpha value is -3.36. The molecule has 0 aromatic heterocycles. The Morgan fingerprint density at radius 2 is 1.42 bits per heavy atom. The molecule has 0 aliphatic rings. The molecule has 0 unspecified atom stereocenters. The van der Waals surface area contributed by atoms with E-state index in [0.717, 1.165) is 31.2 Å². The van der Waals surface area contributed by atoms with E-state index < -0.39 is 36.8 Å². The van der Waals surface area contributed by atoms with Gasteiger partial charge in [0.1, 0.15) is 0 Å². The predicted molar refractivity (Wildman–Crippen MR) is 109 cm³/mol. The third-order valence-electron chi connectivity index (χ3n) is 3.73. The van der Waals surface area contributed by atoms with Crippen LogP contribution in [0.15, 0.2) is 58.3 Å². The van der Waals surface area contributed by atoms with Crippen LogP contribution in [0.5, 0.6) is 0 Å². The van der Waals surface area contributed by atoms with Gasteiger partial charge in [-0.25, -0.2) is 26.3 Å². The number of non-ortho nitro benzene ring substituents is 1. The van der Waals surface area contributed by atoms with Crippen LogP contribution < -0.4 is 14.8 Å². The average molecular weight is 470 g/mol. The fourth-order valence-corrected chi connectivity index (χ4v) is 4.34. The van der Waals surface area contributed by atoms with Gasteiger partial charge in [-0.3, -0.25) is 19.7 Å². The highest BCUT2D eigenvalue weighted by Gasteiger charge is 2.17. The van der Waals surface area contributed by atoms with Gasteiger partial charge in [-0.1, -0.05) is 0 Å². The first kappa shape index (κ1) is 23.9. The maximum atomic E-state index is 12.2. The van der Waals surface area contributed by atoms with Gasteiger partial charge in [0.25, 0.3) is 15.7 Å². The predicted octanol–water partition coefficient (Wildman–Crippen LogP) is 0.727. The minimum Gasteiger partial charge on any atom is -0.326 e. The van der Waals surface area contributed by atoms with Crippen molar-refractivity contribution in [2.75, 3.05) is 11.9 Å². The SMILES string of the molecule is CC(=O)NS(=O)(=O)c1ccc(NC(=O)CCNS(=O)(=O)c2ccc([N+](=O)[O-])cc2)cc1. The van der Waals surface area contributed by atoms with Crippen molar-refractivity contribution in [2.24, 2.45) is 0 Å². The van der Waals surface area contributed by atoms with Gasteiger partial charge in [0.2, 0.25) is 21.8 Å². The van der Waals surface area contributed by atoms with Crippen LogP contribution in [0.4, 0.5) is 11.4 Å². The van der Waals surface area contributed by atoms with E-state index in [1.54, 1.807) is 0 Å². The van der Waals surface area contributed by atoms with Gasteiger partial charge in [-0.05, 0) is 36.4 Å². The fraction of sp³-hybridized carbons (Fsp3) is 0.176. The quantitative estimate of drug-likeness (QED) is 0.354. The summed E-state index contributed by atoms with van der Waals surface area (Å²) in [6.07, 6.45) is -0.224. The summed E-state index contributed by atoms with van der Waals surface area (Å²) in [5, 5.41) is 13.1. The molecule has 0 saturated carbocycles. The molecular weight excluding hydrogens is 452 g/mol. The van der Waals surface area contributed by atoms with E-state index in [2.05, 4.69) is 10.0 Å². The molecule has 2 aromatic carbocycles. The number of carbonyl (C=O) groups is 2. The third kappa shape index (κ3) is 6.84.